The normalized spacial score (nSPS) is 18.1. The SMILES string of the molecule is Cc1cnc2c(C)cccc2c1N1CCO[C@H](CN(C)CC(N)=O)C1. The molecule has 0 bridgehead atoms. The van der Waals surface area contributed by atoms with E-state index in [0.717, 1.165) is 18.6 Å². The van der Waals surface area contributed by atoms with Crippen LogP contribution < -0.4 is 10.6 Å². The molecule has 1 saturated heterocycles. The Morgan fingerprint density at radius 3 is 2.96 bits per heavy atom. The van der Waals surface area contributed by atoms with Crippen molar-refractivity contribution < 1.29 is 9.53 Å². The fourth-order valence-electron chi connectivity index (χ4n) is 3.59. The molecule has 1 atom stereocenters. The first-order valence-corrected chi connectivity index (χ1v) is 8.64. The third-order valence-electron chi connectivity index (χ3n) is 4.65. The monoisotopic (exact) mass is 342 g/mol. The summed E-state index contributed by atoms with van der Waals surface area (Å²) in [6.07, 6.45) is 2.00. The summed E-state index contributed by atoms with van der Waals surface area (Å²) in [6, 6.07) is 6.32. The fourth-order valence-corrected chi connectivity index (χ4v) is 3.59. The third-order valence-corrected chi connectivity index (χ3v) is 4.65. The number of aryl methyl sites for hydroxylation is 2. The second kappa shape index (κ2) is 7.37. The summed E-state index contributed by atoms with van der Waals surface area (Å²) in [5.74, 6) is -0.318. The van der Waals surface area contributed by atoms with Gasteiger partial charge in [0.25, 0.3) is 0 Å². The molecule has 0 spiro atoms. The number of aromatic nitrogens is 1. The first kappa shape index (κ1) is 17.6. The molecular formula is C19H26N4O2. The number of carbonyl (C=O) groups is 1. The van der Waals surface area contributed by atoms with Crippen LogP contribution in [0.4, 0.5) is 5.69 Å². The van der Waals surface area contributed by atoms with Gasteiger partial charge in [0.1, 0.15) is 0 Å². The van der Waals surface area contributed by atoms with E-state index in [2.05, 4.69) is 41.9 Å². The average molecular weight is 342 g/mol. The van der Waals surface area contributed by atoms with Crippen molar-refractivity contribution in [3.8, 4) is 0 Å². The van der Waals surface area contributed by atoms with Gasteiger partial charge < -0.3 is 15.4 Å². The molecule has 6 nitrogen and oxygen atoms in total. The molecule has 1 aromatic carbocycles. The molecule has 3 rings (SSSR count). The number of amides is 1. The molecule has 1 fully saturated rings. The van der Waals surface area contributed by atoms with E-state index in [0.29, 0.717) is 13.2 Å². The summed E-state index contributed by atoms with van der Waals surface area (Å²) in [6.45, 7) is 7.44. The zero-order valence-electron chi connectivity index (χ0n) is 15.2. The third kappa shape index (κ3) is 3.91. The lowest BCUT2D eigenvalue weighted by atomic mass is 10.0. The quantitative estimate of drug-likeness (QED) is 0.891. The molecular weight excluding hydrogens is 316 g/mol. The number of nitrogens with zero attached hydrogens (tertiary/aromatic N) is 3. The van der Waals surface area contributed by atoms with Crippen LogP contribution in [0.15, 0.2) is 24.4 Å². The Balaban J connectivity index is 1.84. The van der Waals surface area contributed by atoms with Crippen molar-refractivity contribution in [3.63, 3.8) is 0 Å². The number of morpholine rings is 1. The lowest BCUT2D eigenvalue weighted by Gasteiger charge is -2.37. The minimum atomic E-state index is -0.318. The van der Waals surface area contributed by atoms with Crippen LogP contribution in [0.2, 0.25) is 0 Å². The van der Waals surface area contributed by atoms with Gasteiger partial charge in [0.15, 0.2) is 0 Å². The Hall–Kier alpha value is -2.18. The number of para-hydroxylation sites is 1. The lowest BCUT2D eigenvalue weighted by Crippen LogP contribution is -2.48. The standard InChI is InChI=1S/C19H26N4O2/c1-13-5-4-6-16-18(13)21-9-14(2)19(16)23-7-8-25-15(11-23)10-22(3)12-17(20)24/h4-6,9,15H,7-8,10-12H2,1-3H3,(H2,20,24)/t15-/m1/s1. The Labute approximate surface area is 148 Å². The van der Waals surface area contributed by atoms with Gasteiger partial charge >= 0.3 is 0 Å². The molecule has 1 aliphatic heterocycles. The predicted octanol–water partition coefficient (Wildman–Crippen LogP) is 1.47. The van der Waals surface area contributed by atoms with Crippen molar-refractivity contribution in [2.24, 2.45) is 5.73 Å². The van der Waals surface area contributed by atoms with Crippen molar-refractivity contribution in [2.45, 2.75) is 20.0 Å². The number of nitrogens with two attached hydrogens (primary N) is 1. The predicted molar refractivity (Wildman–Crippen MR) is 99.9 cm³/mol. The Bertz CT molecular complexity index is 777. The molecule has 2 N–H and O–H groups in total. The molecule has 2 aromatic rings. The second-order valence-corrected chi connectivity index (χ2v) is 6.86. The maximum Gasteiger partial charge on any atom is 0.231 e. The van der Waals surface area contributed by atoms with Gasteiger partial charge in [-0.1, -0.05) is 18.2 Å². The maximum absolute atomic E-state index is 11.1. The molecule has 6 heteroatoms. The molecule has 0 saturated carbocycles. The fraction of sp³-hybridized carbons (Fsp3) is 0.474. The number of hydrogen-bond donors (Lipinski definition) is 1. The van der Waals surface area contributed by atoms with Gasteiger partial charge in [-0.25, -0.2) is 0 Å². The van der Waals surface area contributed by atoms with Crippen LogP contribution in [0, 0.1) is 13.8 Å². The first-order valence-electron chi connectivity index (χ1n) is 8.64. The molecule has 1 aromatic heterocycles. The van der Waals surface area contributed by atoms with Crippen molar-refractivity contribution in [1.82, 2.24) is 9.88 Å². The molecule has 0 aliphatic carbocycles. The zero-order valence-corrected chi connectivity index (χ0v) is 15.2. The number of anilines is 1. The lowest BCUT2D eigenvalue weighted by molar-refractivity contribution is -0.119. The number of benzene rings is 1. The molecule has 25 heavy (non-hydrogen) atoms. The second-order valence-electron chi connectivity index (χ2n) is 6.86. The Morgan fingerprint density at radius 2 is 2.20 bits per heavy atom. The van der Waals surface area contributed by atoms with Gasteiger partial charge in [0.2, 0.25) is 5.91 Å². The van der Waals surface area contributed by atoms with Crippen LogP contribution in [-0.4, -0.2) is 61.7 Å². The summed E-state index contributed by atoms with van der Waals surface area (Å²) < 4.78 is 5.91. The number of ether oxygens (including phenoxy) is 1. The first-order chi connectivity index (χ1) is 12.0. The van der Waals surface area contributed by atoms with Crippen molar-refractivity contribution >= 4 is 22.5 Å². The van der Waals surface area contributed by atoms with E-state index in [-0.39, 0.29) is 18.6 Å². The van der Waals surface area contributed by atoms with Gasteiger partial charge in [0.05, 0.1) is 30.5 Å². The minimum Gasteiger partial charge on any atom is -0.373 e. The molecule has 134 valence electrons. The van der Waals surface area contributed by atoms with E-state index >= 15 is 0 Å². The number of primary amides is 1. The van der Waals surface area contributed by atoms with Gasteiger partial charge in [-0.2, -0.15) is 0 Å². The maximum atomic E-state index is 11.1. The molecule has 0 unspecified atom stereocenters. The van der Waals surface area contributed by atoms with Gasteiger partial charge in [0, 0.05) is 31.2 Å². The Morgan fingerprint density at radius 1 is 1.40 bits per heavy atom. The molecule has 1 aliphatic rings. The number of likely N-dealkylation sites (N-methyl/N-ethyl adjacent to an activating group) is 1. The van der Waals surface area contributed by atoms with Crippen molar-refractivity contribution in [3.05, 3.63) is 35.5 Å². The van der Waals surface area contributed by atoms with Crippen LogP contribution >= 0.6 is 0 Å². The minimum absolute atomic E-state index is 0.0468. The number of pyridine rings is 1. The summed E-state index contributed by atoms with van der Waals surface area (Å²) in [7, 11) is 1.89. The van der Waals surface area contributed by atoms with E-state index in [1.54, 1.807) is 0 Å². The zero-order chi connectivity index (χ0) is 18.0. The summed E-state index contributed by atoms with van der Waals surface area (Å²) >= 11 is 0. The highest BCUT2D eigenvalue weighted by Crippen LogP contribution is 2.31. The highest BCUT2D eigenvalue weighted by Gasteiger charge is 2.24. The van der Waals surface area contributed by atoms with Gasteiger partial charge in [-0.15, -0.1) is 0 Å². The van der Waals surface area contributed by atoms with Crippen LogP contribution in [0.5, 0.6) is 0 Å². The molecule has 2 heterocycles. The van der Waals surface area contributed by atoms with Crippen molar-refractivity contribution in [2.75, 3.05) is 44.7 Å². The van der Waals surface area contributed by atoms with Crippen molar-refractivity contribution in [1.29, 1.82) is 0 Å². The van der Waals surface area contributed by atoms with E-state index in [4.69, 9.17) is 10.5 Å². The highest BCUT2D eigenvalue weighted by molar-refractivity contribution is 5.95. The van der Waals surface area contributed by atoms with Crippen LogP contribution in [0.3, 0.4) is 0 Å². The molecule has 0 radical (unpaired) electrons. The highest BCUT2D eigenvalue weighted by atomic mass is 16.5. The number of carbonyl (C=O) groups excluding carboxylic acids is 1. The van der Waals surface area contributed by atoms with E-state index in [1.807, 2.05) is 18.1 Å². The van der Waals surface area contributed by atoms with E-state index < -0.39 is 0 Å². The summed E-state index contributed by atoms with van der Waals surface area (Å²) in [5.41, 5.74) is 9.92. The average Bonchev–Trinajstić information content (AvgIpc) is 2.54. The van der Waals surface area contributed by atoms with Crippen LogP contribution in [0.1, 0.15) is 11.1 Å². The van der Waals surface area contributed by atoms with E-state index in [9.17, 15) is 4.79 Å². The van der Waals surface area contributed by atoms with Gasteiger partial charge in [-0.3, -0.25) is 14.7 Å². The van der Waals surface area contributed by atoms with Crippen LogP contribution in [-0.2, 0) is 9.53 Å². The Kier molecular flexibility index (Phi) is 5.20. The largest absolute Gasteiger partial charge is 0.373 e. The number of rotatable bonds is 5. The smallest absolute Gasteiger partial charge is 0.231 e. The summed E-state index contributed by atoms with van der Waals surface area (Å²) in [4.78, 5) is 20.0. The number of fused-ring (bicyclic) bond motifs is 1. The number of hydrogen-bond acceptors (Lipinski definition) is 5. The summed E-state index contributed by atoms with van der Waals surface area (Å²) in [5, 5.41) is 1.19. The van der Waals surface area contributed by atoms with E-state index in [1.165, 1.54) is 22.2 Å². The van der Waals surface area contributed by atoms with Gasteiger partial charge in [-0.05, 0) is 32.0 Å². The topological polar surface area (TPSA) is 71.7 Å². The van der Waals surface area contributed by atoms with Crippen LogP contribution in [0.25, 0.3) is 10.9 Å². The molecule has 1 amide bonds.